The summed E-state index contributed by atoms with van der Waals surface area (Å²) in [6, 6.07) is 13.7. The van der Waals surface area contributed by atoms with Gasteiger partial charge < -0.3 is 0 Å². The Bertz CT molecular complexity index is 1030. The van der Waals surface area contributed by atoms with Crippen LogP contribution in [0.1, 0.15) is 12.5 Å². The molecule has 1 heterocycles. The fourth-order valence-corrected chi connectivity index (χ4v) is 5.10. The second-order valence-corrected chi connectivity index (χ2v) is 9.96. The molecule has 0 aromatic heterocycles. The van der Waals surface area contributed by atoms with Crippen LogP contribution < -0.4 is 0 Å². The molecule has 0 saturated carbocycles. The molecular weight excluding hydrogens is 516 g/mol. The van der Waals surface area contributed by atoms with E-state index >= 15 is 0 Å². The highest BCUT2D eigenvalue weighted by molar-refractivity contribution is 9.10. The van der Waals surface area contributed by atoms with Gasteiger partial charge in [-0.3, -0.25) is 9.69 Å². The summed E-state index contributed by atoms with van der Waals surface area (Å²) in [6.07, 6.45) is 1.73. The molecule has 0 unspecified atom stereocenters. The molecule has 5 nitrogen and oxygen atoms in total. The number of hydrogen-bond donors (Lipinski definition) is 0. The topological polar surface area (TPSA) is 66.8 Å². The summed E-state index contributed by atoms with van der Waals surface area (Å²) in [5, 5.41) is 0.161. The van der Waals surface area contributed by atoms with Gasteiger partial charge in [0.25, 0.3) is 15.9 Å². The molecule has 1 fully saturated rings. The quantitative estimate of drug-likeness (QED) is 0.529. The highest BCUT2D eigenvalue weighted by Crippen LogP contribution is 2.33. The predicted molar refractivity (Wildman–Crippen MR) is 116 cm³/mol. The van der Waals surface area contributed by atoms with Crippen molar-refractivity contribution in [1.82, 2.24) is 4.90 Å². The van der Waals surface area contributed by atoms with Crippen molar-refractivity contribution in [2.45, 2.75) is 11.8 Å². The maximum absolute atomic E-state index is 12.6. The van der Waals surface area contributed by atoms with E-state index in [2.05, 4.69) is 36.3 Å². The Morgan fingerprint density at radius 1 is 1.04 bits per heavy atom. The van der Waals surface area contributed by atoms with Crippen LogP contribution in [0.2, 0.25) is 0 Å². The lowest BCUT2D eigenvalue weighted by Gasteiger charge is -2.11. The van der Waals surface area contributed by atoms with E-state index in [0.717, 1.165) is 26.3 Å². The monoisotopic (exact) mass is 528 g/mol. The Hall–Kier alpha value is -1.42. The van der Waals surface area contributed by atoms with Crippen molar-refractivity contribution in [2.75, 3.05) is 6.54 Å². The van der Waals surface area contributed by atoms with Gasteiger partial charge in [-0.25, -0.2) is 0 Å². The summed E-state index contributed by atoms with van der Waals surface area (Å²) in [4.78, 5) is 14.5. The Morgan fingerprint density at radius 3 is 2.15 bits per heavy atom. The first-order chi connectivity index (χ1) is 12.8. The van der Waals surface area contributed by atoms with Gasteiger partial charge >= 0.3 is 0 Å². The predicted octanol–water partition coefficient (Wildman–Crippen LogP) is 4.89. The molecule has 1 aliphatic rings. The molecule has 2 aromatic carbocycles. The van der Waals surface area contributed by atoms with Gasteiger partial charge in [-0.15, -0.1) is 4.40 Å². The Labute approximate surface area is 178 Å². The SMILES string of the molecule is CCN1C(=O)C(=Cc2ccc(Br)cc2)SC1=NS(=O)(=O)c1ccc(Br)cc1. The molecule has 0 spiro atoms. The summed E-state index contributed by atoms with van der Waals surface area (Å²) in [5.41, 5.74) is 0.849. The fourth-order valence-electron chi connectivity index (χ4n) is 2.33. The summed E-state index contributed by atoms with van der Waals surface area (Å²) >= 11 is 7.71. The van der Waals surface area contributed by atoms with Crippen molar-refractivity contribution in [3.05, 3.63) is 67.9 Å². The zero-order valence-corrected chi connectivity index (χ0v) is 18.9. The molecule has 0 bridgehead atoms. The summed E-state index contributed by atoms with van der Waals surface area (Å²) < 4.78 is 30.8. The van der Waals surface area contributed by atoms with Gasteiger partial charge in [0.2, 0.25) is 0 Å². The number of hydrogen-bond acceptors (Lipinski definition) is 4. The van der Waals surface area contributed by atoms with Gasteiger partial charge in [0, 0.05) is 15.5 Å². The lowest BCUT2D eigenvalue weighted by Crippen LogP contribution is -2.29. The molecule has 2 aromatic rings. The van der Waals surface area contributed by atoms with Crippen LogP contribution in [-0.4, -0.2) is 30.9 Å². The Balaban J connectivity index is 1.95. The number of nitrogens with zero attached hydrogens (tertiary/aromatic N) is 2. The van der Waals surface area contributed by atoms with E-state index in [0.29, 0.717) is 11.4 Å². The molecule has 9 heteroatoms. The number of amidine groups is 1. The fraction of sp³-hybridized carbons (Fsp3) is 0.111. The number of benzene rings is 2. The minimum atomic E-state index is -3.91. The molecular formula is C18H14Br2N2O3S2. The minimum absolute atomic E-state index is 0.0765. The summed E-state index contributed by atoms with van der Waals surface area (Å²) in [6.45, 7) is 2.11. The normalized spacial score (nSPS) is 17.9. The van der Waals surface area contributed by atoms with Gasteiger partial charge in [0.05, 0.1) is 9.80 Å². The van der Waals surface area contributed by atoms with Crippen LogP contribution in [-0.2, 0) is 14.8 Å². The van der Waals surface area contributed by atoms with Gasteiger partial charge in [-0.05, 0) is 66.7 Å². The maximum Gasteiger partial charge on any atom is 0.284 e. The number of amides is 1. The molecule has 1 aliphatic heterocycles. The zero-order valence-electron chi connectivity index (χ0n) is 14.1. The van der Waals surface area contributed by atoms with Crippen molar-refractivity contribution < 1.29 is 13.2 Å². The smallest absolute Gasteiger partial charge is 0.284 e. The number of sulfonamides is 1. The van der Waals surface area contributed by atoms with Crippen LogP contribution in [0.3, 0.4) is 0 Å². The lowest BCUT2D eigenvalue weighted by molar-refractivity contribution is -0.122. The number of carbonyl (C=O) groups excluding carboxylic acids is 1. The number of likely N-dealkylation sites (N-methyl/N-ethyl adjacent to an activating group) is 1. The molecule has 140 valence electrons. The summed E-state index contributed by atoms with van der Waals surface area (Å²) in [7, 11) is -3.91. The van der Waals surface area contributed by atoms with Crippen molar-refractivity contribution in [3.8, 4) is 0 Å². The highest BCUT2D eigenvalue weighted by Gasteiger charge is 2.34. The molecule has 0 aliphatic carbocycles. The first kappa shape index (κ1) is 20.3. The Kier molecular flexibility index (Phi) is 6.25. The van der Waals surface area contributed by atoms with Crippen molar-refractivity contribution in [3.63, 3.8) is 0 Å². The standard InChI is InChI=1S/C18H14Br2N2O3S2/c1-2-22-17(23)16(11-12-3-5-13(19)6-4-12)26-18(22)21-27(24,25)15-9-7-14(20)8-10-15/h3-11H,2H2,1H3. The third-order valence-electron chi connectivity index (χ3n) is 3.68. The largest absolute Gasteiger partial charge is 0.286 e. The second kappa shape index (κ2) is 8.30. The molecule has 1 saturated heterocycles. The first-order valence-electron chi connectivity index (χ1n) is 7.87. The minimum Gasteiger partial charge on any atom is -0.286 e. The lowest BCUT2D eigenvalue weighted by atomic mass is 10.2. The van der Waals surface area contributed by atoms with Gasteiger partial charge in [0.15, 0.2) is 5.17 Å². The average Bonchev–Trinajstić information content (AvgIpc) is 2.91. The molecule has 0 N–H and O–H groups in total. The zero-order chi connectivity index (χ0) is 19.6. The molecule has 0 atom stereocenters. The first-order valence-corrected chi connectivity index (χ1v) is 11.7. The third-order valence-corrected chi connectivity index (χ3v) is 7.14. The van der Waals surface area contributed by atoms with Gasteiger partial charge in [-0.2, -0.15) is 8.42 Å². The van der Waals surface area contributed by atoms with Crippen molar-refractivity contribution in [1.29, 1.82) is 0 Å². The number of rotatable bonds is 4. The molecule has 3 rings (SSSR count). The highest BCUT2D eigenvalue weighted by atomic mass is 79.9. The van der Waals surface area contributed by atoms with E-state index in [4.69, 9.17) is 0 Å². The van der Waals surface area contributed by atoms with E-state index < -0.39 is 10.0 Å². The number of halogens is 2. The van der Waals surface area contributed by atoms with E-state index in [1.54, 1.807) is 25.1 Å². The maximum atomic E-state index is 12.6. The van der Waals surface area contributed by atoms with E-state index in [9.17, 15) is 13.2 Å². The van der Waals surface area contributed by atoms with E-state index in [-0.39, 0.29) is 16.0 Å². The molecule has 0 radical (unpaired) electrons. The second-order valence-electron chi connectivity index (χ2n) is 5.51. The number of thioether (sulfide) groups is 1. The van der Waals surface area contributed by atoms with Crippen LogP contribution in [0.15, 0.2) is 71.7 Å². The van der Waals surface area contributed by atoms with E-state index in [1.807, 2.05) is 24.3 Å². The van der Waals surface area contributed by atoms with Crippen LogP contribution in [0, 0.1) is 0 Å². The van der Waals surface area contributed by atoms with Crippen molar-refractivity contribution >= 4 is 70.8 Å². The van der Waals surface area contributed by atoms with E-state index in [1.165, 1.54) is 17.0 Å². The third kappa shape index (κ3) is 4.71. The van der Waals surface area contributed by atoms with Crippen molar-refractivity contribution in [2.24, 2.45) is 4.40 Å². The molecule has 27 heavy (non-hydrogen) atoms. The summed E-state index contributed by atoms with van der Waals surface area (Å²) in [5.74, 6) is -0.254. The van der Waals surface area contributed by atoms with Gasteiger partial charge in [-0.1, -0.05) is 44.0 Å². The molecule has 1 amide bonds. The van der Waals surface area contributed by atoms with Crippen LogP contribution >= 0.6 is 43.6 Å². The average molecular weight is 530 g/mol. The van der Waals surface area contributed by atoms with Gasteiger partial charge in [0.1, 0.15) is 0 Å². The number of carbonyl (C=O) groups is 1. The van der Waals surface area contributed by atoms with Crippen LogP contribution in [0.25, 0.3) is 6.08 Å². The van der Waals surface area contributed by atoms with Crippen LogP contribution in [0.4, 0.5) is 0 Å². The Morgan fingerprint density at radius 2 is 1.59 bits per heavy atom. The van der Waals surface area contributed by atoms with Crippen LogP contribution in [0.5, 0.6) is 0 Å².